The van der Waals surface area contributed by atoms with E-state index in [4.69, 9.17) is 4.74 Å². The zero-order valence-electron chi connectivity index (χ0n) is 18.2. The number of rotatable bonds is 7. The molecule has 0 radical (unpaired) electrons. The number of anilines is 1. The number of fused-ring (bicyclic) bond motifs is 1. The van der Waals surface area contributed by atoms with E-state index < -0.39 is 0 Å². The van der Waals surface area contributed by atoms with E-state index in [1.807, 2.05) is 51.1 Å². The maximum Gasteiger partial charge on any atom is 0.230 e. The minimum absolute atomic E-state index is 0.0820. The summed E-state index contributed by atoms with van der Waals surface area (Å²) in [5.41, 5.74) is 2.70. The second kappa shape index (κ2) is 9.14. The van der Waals surface area contributed by atoms with Crippen molar-refractivity contribution in [3.05, 3.63) is 89.5 Å². The first-order valence-electron chi connectivity index (χ1n) is 10.5. The molecule has 1 N–H and O–H groups in total. The maximum atomic E-state index is 13.6. The third kappa shape index (κ3) is 4.44. The van der Waals surface area contributed by atoms with Crippen LogP contribution in [0.1, 0.15) is 47.8 Å². The number of halogens is 1. The van der Waals surface area contributed by atoms with Crippen LogP contribution in [0.5, 0.6) is 11.6 Å². The molecule has 0 amide bonds. The standard InChI is InChI=1S/C26H24FN3O2/c1-4-23(31)19-10-8-18(9-11-19)17(3)30-25-24-22(12-13-28-25)16(2)15-29-26(24)32-21-7-5-6-20(27)14-21/h5-15,17H,4H2,1-3H3,(H,28,30). The Morgan fingerprint density at radius 3 is 2.62 bits per heavy atom. The molecule has 2 heterocycles. The number of carbonyl (C=O) groups is 1. The zero-order valence-corrected chi connectivity index (χ0v) is 18.2. The predicted molar refractivity (Wildman–Crippen MR) is 124 cm³/mol. The molecule has 0 saturated heterocycles. The first-order valence-corrected chi connectivity index (χ1v) is 10.5. The van der Waals surface area contributed by atoms with Gasteiger partial charge in [0.05, 0.1) is 5.39 Å². The van der Waals surface area contributed by atoms with Gasteiger partial charge in [0.25, 0.3) is 0 Å². The van der Waals surface area contributed by atoms with E-state index in [9.17, 15) is 9.18 Å². The molecule has 0 saturated carbocycles. The summed E-state index contributed by atoms with van der Waals surface area (Å²) in [7, 11) is 0. The maximum absolute atomic E-state index is 13.6. The van der Waals surface area contributed by atoms with Crippen LogP contribution >= 0.6 is 0 Å². The summed E-state index contributed by atoms with van der Waals surface area (Å²) in [5, 5.41) is 5.11. The average Bonchev–Trinajstić information content (AvgIpc) is 2.80. The van der Waals surface area contributed by atoms with E-state index >= 15 is 0 Å². The molecular weight excluding hydrogens is 405 g/mol. The highest BCUT2D eigenvalue weighted by atomic mass is 19.1. The van der Waals surface area contributed by atoms with E-state index in [0.717, 1.165) is 21.9 Å². The van der Waals surface area contributed by atoms with Gasteiger partial charge in [0.2, 0.25) is 5.88 Å². The number of ether oxygens (including phenoxy) is 1. The molecule has 0 bridgehead atoms. The Hall–Kier alpha value is -3.80. The highest BCUT2D eigenvalue weighted by Gasteiger charge is 2.16. The Bertz CT molecular complexity index is 1270. The molecule has 6 heteroatoms. The number of ketones is 1. The van der Waals surface area contributed by atoms with Crippen LogP contribution in [0.2, 0.25) is 0 Å². The second-order valence-electron chi connectivity index (χ2n) is 7.65. The van der Waals surface area contributed by atoms with Gasteiger partial charge in [-0.25, -0.2) is 14.4 Å². The van der Waals surface area contributed by atoms with Crippen molar-refractivity contribution in [1.29, 1.82) is 0 Å². The molecule has 1 atom stereocenters. The molecule has 1 unspecified atom stereocenters. The van der Waals surface area contributed by atoms with Crippen LogP contribution in [-0.4, -0.2) is 15.8 Å². The number of hydrogen-bond donors (Lipinski definition) is 1. The number of nitrogens with one attached hydrogen (secondary N) is 1. The molecule has 4 aromatic rings. The Morgan fingerprint density at radius 1 is 1.12 bits per heavy atom. The summed E-state index contributed by atoms with van der Waals surface area (Å²) in [6.45, 7) is 5.84. The number of pyridine rings is 2. The highest BCUT2D eigenvalue weighted by Crippen LogP contribution is 2.35. The van der Waals surface area contributed by atoms with E-state index in [2.05, 4.69) is 15.3 Å². The van der Waals surface area contributed by atoms with Crippen molar-refractivity contribution in [2.24, 2.45) is 0 Å². The number of carbonyl (C=O) groups excluding carboxylic acids is 1. The van der Waals surface area contributed by atoms with Gasteiger partial charge in [0.1, 0.15) is 17.4 Å². The van der Waals surface area contributed by atoms with Crippen molar-refractivity contribution in [2.75, 3.05) is 5.32 Å². The second-order valence-corrected chi connectivity index (χ2v) is 7.65. The average molecular weight is 429 g/mol. The Balaban J connectivity index is 1.69. The van der Waals surface area contributed by atoms with Gasteiger partial charge in [-0.2, -0.15) is 0 Å². The minimum Gasteiger partial charge on any atom is -0.438 e. The number of hydrogen-bond acceptors (Lipinski definition) is 5. The number of nitrogens with zero attached hydrogens (tertiary/aromatic N) is 2. The van der Waals surface area contributed by atoms with E-state index in [1.54, 1.807) is 24.5 Å². The Labute approximate surface area is 186 Å². The van der Waals surface area contributed by atoms with Gasteiger partial charge < -0.3 is 10.1 Å². The van der Waals surface area contributed by atoms with Crippen molar-refractivity contribution < 1.29 is 13.9 Å². The molecule has 162 valence electrons. The third-order valence-electron chi connectivity index (χ3n) is 5.38. The molecule has 4 rings (SSSR count). The largest absolute Gasteiger partial charge is 0.438 e. The monoisotopic (exact) mass is 429 g/mol. The zero-order chi connectivity index (χ0) is 22.7. The van der Waals surface area contributed by atoms with Crippen LogP contribution < -0.4 is 10.1 Å². The molecule has 0 aliphatic rings. The molecule has 2 aromatic carbocycles. The fraction of sp³-hybridized carbons (Fsp3) is 0.192. The number of benzene rings is 2. The van der Waals surface area contributed by atoms with Crippen molar-refractivity contribution >= 4 is 22.4 Å². The van der Waals surface area contributed by atoms with Crippen molar-refractivity contribution in [3.8, 4) is 11.6 Å². The predicted octanol–water partition coefficient (Wildman–Crippen LogP) is 6.64. The van der Waals surface area contributed by atoms with Crippen molar-refractivity contribution in [1.82, 2.24) is 9.97 Å². The molecule has 2 aromatic heterocycles. The van der Waals surface area contributed by atoms with Gasteiger partial charge in [0.15, 0.2) is 5.78 Å². The molecule has 5 nitrogen and oxygen atoms in total. The fourth-order valence-electron chi connectivity index (χ4n) is 3.58. The summed E-state index contributed by atoms with van der Waals surface area (Å²) >= 11 is 0. The number of aryl methyl sites for hydroxylation is 1. The van der Waals surface area contributed by atoms with E-state index in [0.29, 0.717) is 29.4 Å². The number of aromatic nitrogens is 2. The van der Waals surface area contributed by atoms with E-state index in [1.165, 1.54) is 12.1 Å². The molecule has 0 aliphatic carbocycles. The normalized spacial score (nSPS) is 11.9. The van der Waals surface area contributed by atoms with Crippen LogP contribution in [-0.2, 0) is 0 Å². The first-order chi connectivity index (χ1) is 15.5. The lowest BCUT2D eigenvalue weighted by Gasteiger charge is -2.18. The Morgan fingerprint density at radius 2 is 1.91 bits per heavy atom. The van der Waals surface area contributed by atoms with Crippen molar-refractivity contribution in [2.45, 2.75) is 33.2 Å². The fourth-order valence-corrected chi connectivity index (χ4v) is 3.58. The van der Waals surface area contributed by atoms with Gasteiger partial charge in [-0.15, -0.1) is 0 Å². The highest BCUT2D eigenvalue weighted by molar-refractivity contribution is 5.98. The molecule has 0 spiro atoms. The topological polar surface area (TPSA) is 64.1 Å². The van der Waals surface area contributed by atoms with Gasteiger partial charge >= 0.3 is 0 Å². The van der Waals surface area contributed by atoms with Gasteiger partial charge in [-0.1, -0.05) is 37.3 Å². The van der Waals surface area contributed by atoms with Crippen LogP contribution in [0.4, 0.5) is 10.2 Å². The molecule has 0 aliphatic heterocycles. The number of Topliss-reactive ketones (excluding diaryl/α,β-unsaturated/α-hetero) is 1. The van der Waals surface area contributed by atoms with Gasteiger partial charge in [-0.05, 0) is 48.6 Å². The van der Waals surface area contributed by atoms with Crippen molar-refractivity contribution in [3.63, 3.8) is 0 Å². The quantitative estimate of drug-likeness (QED) is 0.334. The minimum atomic E-state index is -0.381. The summed E-state index contributed by atoms with van der Waals surface area (Å²) < 4.78 is 19.6. The van der Waals surface area contributed by atoms with Crippen LogP contribution in [0.25, 0.3) is 10.8 Å². The lowest BCUT2D eigenvalue weighted by atomic mass is 10.0. The summed E-state index contributed by atoms with van der Waals surface area (Å²) in [6, 6.07) is 15.4. The lowest BCUT2D eigenvalue weighted by Crippen LogP contribution is -2.09. The first kappa shape index (κ1) is 21.4. The van der Waals surface area contributed by atoms with E-state index in [-0.39, 0.29) is 17.6 Å². The van der Waals surface area contributed by atoms with Crippen LogP contribution in [0.3, 0.4) is 0 Å². The molecular formula is C26H24FN3O2. The van der Waals surface area contributed by atoms with Crippen LogP contribution in [0.15, 0.2) is 67.0 Å². The lowest BCUT2D eigenvalue weighted by molar-refractivity contribution is 0.0988. The van der Waals surface area contributed by atoms with Gasteiger partial charge in [-0.3, -0.25) is 4.79 Å². The summed E-state index contributed by atoms with van der Waals surface area (Å²) in [4.78, 5) is 20.9. The Kier molecular flexibility index (Phi) is 6.12. The van der Waals surface area contributed by atoms with Crippen LogP contribution in [0, 0.1) is 12.7 Å². The summed E-state index contributed by atoms with van der Waals surface area (Å²) in [6.07, 6.45) is 3.94. The third-order valence-corrected chi connectivity index (χ3v) is 5.38. The molecule has 32 heavy (non-hydrogen) atoms. The molecule has 0 fully saturated rings. The summed E-state index contributed by atoms with van der Waals surface area (Å²) in [5.74, 6) is 1.07. The van der Waals surface area contributed by atoms with Gasteiger partial charge in [0, 0.05) is 36.5 Å². The smallest absolute Gasteiger partial charge is 0.230 e. The SMILES string of the molecule is CCC(=O)c1ccc(C(C)Nc2nccc3c(C)cnc(Oc4cccc(F)c4)c23)cc1.